The highest BCUT2D eigenvalue weighted by atomic mass is 16.4. The van der Waals surface area contributed by atoms with Crippen molar-refractivity contribution in [3.8, 4) is 0 Å². The second-order valence-electron chi connectivity index (χ2n) is 4.93. The molecule has 3 heteroatoms. The predicted octanol–water partition coefficient (Wildman–Crippen LogP) is 2.23. The van der Waals surface area contributed by atoms with Gasteiger partial charge in [-0.05, 0) is 25.3 Å². The second kappa shape index (κ2) is 11.9. The van der Waals surface area contributed by atoms with Crippen LogP contribution in [0.25, 0.3) is 0 Å². The van der Waals surface area contributed by atoms with E-state index in [9.17, 15) is 9.90 Å². The first-order chi connectivity index (χ1) is 8.20. The van der Waals surface area contributed by atoms with Gasteiger partial charge in [0.15, 0.2) is 0 Å². The molecule has 3 nitrogen and oxygen atoms in total. The second-order valence-corrected chi connectivity index (χ2v) is 4.93. The average Bonchev–Trinajstić information content (AvgIpc) is 2.28. The van der Waals surface area contributed by atoms with Crippen LogP contribution in [0.2, 0.25) is 0 Å². The van der Waals surface area contributed by atoms with E-state index in [-0.39, 0.29) is 6.42 Å². The van der Waals surface area contributed by atoms with Gasteiger partial charge in [0, 0.05) is 5.97 Å². The molecule has 0 aliphatic heterocycles. The van der Waals surface area contributed by atoms with Crippen molar-refractivity contribution in [2.75, 3.05) is 6.54 Å². The van der Waals surface area contributed by atoms with Crippen molar-refractivity contribution < 1.29 is 9.90 Å². The lowest BCUT2D eigenvalue weighted by molar-refractivity contribution is -0.306. The van der Waals surface area contributed by atoms with E-state index in [0.29, 0.717) is 12.5 Å². The molecule has 0 aromatic rings. The summed E-state index contributed by atoms with van der Waals surface area (Å²) in [4.78, 5) is 10.6. The van der Waals surface area contributed by atoms with Gasteiger partial charge >= 0.3 is 0 Å². The molecule has 1 unspecified atom stereocenters. The van der Waals surface area contributed by atoms with Crippen molar-refractivity contribution in [2.24, 2.45) is 11.7 Å². The molecule has 0 fully saturated rings. The Bertz CT molecular complexity index is 183. The first kappa shape index (κ1) is 16.4. The Morgan fingerprint density at radius 3 is 2.18 bits per heavy atom. The third-order valence-corrected chi connectivity index (χ3v) is 3.24. The highest BCUT2D eigenvalue weighted by Gasteiger charge is 2.08. The van der Waals surface area contributed by atoms with Crippen molar-refractivity contribution in [3.63, 3.8) is 0 Å². The summed E-state index contributed by atoms with van der Waals surface area (Å²) in [5, 5.41) is 10.6. The first-order valence-electron chi connectivity index (χ1n) is 7.10. The molecule has 0 radical (unpaired) electrons. The zero-order chi connectivity index (χ0) is 12.9. The lowest BCUT2D eigenvalue weighted by Crippen LogP contribution is -2.25. The number of carboxylic acids is 1. The smallest absolute Gasteiger partial charge is 0.0417 e. The molecule has 17 heavy (non-hydrogen) atoms. The maximum absolute atomic E-state index is 10.6. The number of aliphatic carboxylic acids is 1. The molecular weight excluding hydrogens is 214 g/mol. The van der Waals surface area contributed by atoms with E-state index in [1.165, 1.54) is 25.7 Å². The molecule has 1 atom stereocenters. The van der Waals surface area contributed by atoms with Gasteiger partial charge in [-0.15, -0.1) is 0 Å². The summed E-state index contributed by atoms with van der Waals surface area (Å²) in [6.45, 7) is 2.90. The molecule has 0 saturated carbocycles. The van der Waals surface area contributed by atoms with Gasteiger partial charge in [0.1, 0.15) is 0 Å². The molecule has 0 amide bonds. The molecule has 0 heterocycles. The number of unbranched alkanes of at least 4 members (excludes halogenated alkanes) is 5. The fraction of sp³-hybridized carbons (Fsp3) is 0.929. The summed E-state index contributed by atoms with van der Waals surface area (Å²) in [5.74, 6) is -0.607. The minimum Gasteiger partial charge on any atom is -0.550 e. The molecule has 102 valence electrons. The molecule has 0 aliphatic carbocycles. The standard InChI is InChI=1S/C14H29NO2/c1-2-3-4-5-6-9-13(12-14(16)17)10-7-8-11-15/h13H,2-12,15H2,1H3,(H,16,17)/p-1. The van der Waals surface area contributed by atoms with Crippen molar-refractivity contribution in [1.82, 2.24) is 0 Å². The van der Waals surface area contributed by atoms with Crippen molar-refractivity contribution in [2.45, 2.75) is 71.1 Å². The molecule has 0 saturated heterocycles. The van der Waals surface area contributed by atoms with E-state index in [1.54, 1.807) is 0 Å². The highest BCUT2D eigenvalue weighted by Crippen LogP contribution is 2.20. The van der Waals surface area contributed by atoms with Crippen LogP contribution in [0.4, 0.5) is 0 Å². The molecule has 0 aromatic heterocycles. The molecule has 0 rings (SSSR count). The zero-order valence-electron chi connectivity index (χ0n) is 11.2. The van der Waals surface area contributed by atoms with Crippen molar-refractivity contribution >= 4 is 5.97 Å². The number of rotatable bonds is 12. The summed E-state index contributed by atoms with van der Waals surface area (Å²) in [7, 11) is 0. The summed E-state index contributed by atoms with van der Waals surface area (Å²) in [5.41, 5.74) is 5.44. The van der Waals surface area contributed by atoms with Gasteiger partial charge in [0.25, 0.3) is 0 Å². The van der Waals surface area contributed by atoms with Crippen LogP contribution in [0.1, 0.15) is 71.1 Å². The summed E-state index contributed by atoms with van der Waals surface area (Å²) in [6.07, 6.45) is 10.5. The minimum atomic E-state index is -0.906. The van der Waals surface area contributed by atoms with E-state index in [1.807, 2.05) is 0 Å². The van der Waals surface area contributed by atoms with Crippen LogP contribution in [0.5, 0.6) is 0 Å². The SMILES string of the molecule is CCCCCCCC(CCCCN)CC(=O)[O-]. The van der Waals surface area contributed by atoms with E-state index >= 15 is 0 Å². The number of hydrogen-bond acceptors (Lipinski definition) is 3. The number of nitrogens with two attached hydrogens (primary N) is 1. The van der Waals surface area contributed by atoms with Crippen LogP contribution < -0.4 is 10.8 Å². The topological polar surface area (TPSA) is 66.2 Å². The van der Waals surface area contributed by atoms with Gasteiger partial charge < -0.3 is 15.6 Å². The minimum absolute atomic E-state index is 0.221. The largest absolute Gasteiger partial charge is 0.550 e. The third kappa shape index (κ3) is 11.7. The normalized spacial score (nSPS) is 12.6. The van der Waals surface area contributed by atoms with E-state index in [0.717, 1.165) is 32.1 Å². The molecule has 0 spiro atoms. The van der Waals surface area contributed by atoms with Gasteiger partial charge in [0.05, 0.1) is 0 Å². The number of hydrogen-bond donors (Lipinski definition) is 1. The Morgan fingerprint density at radius 2 is 1.65 bits per heavy atom. The van der Waals surface area contributed by atoms with Crippen LogP contribution in [0.15, 0.2) is 0 Å². The number of carbonyl (C=O) groups excluding carboxylic acids is 1. The fourth-order valence-corrected chi connectivity index (χ4v) is 2.20. The van der Waals surface area contributed by atoms with Crippen LogP contribution >= 0.6 is 0 Å². The Labute approximate surface area is 106 Å². The monoisotopic (exact) mass is 242 g/mol. The van der Waals surface area contributed by atoms with E-state index < -0.39 is 5.97 Å². The summed E-state index contributed by atoms with van der Waals surface area (Å²) >= 11 is 0. The third-order valence-electron chi connectivity index (χ3n) is 3.24. The highest BCUT2D eigenvalue weighted by molar-refractivity contribution is 5.64. The zero-order valence-corrected chi connectivity index (χ0v) is 11.2. The van der Waals surface area contributed by atoms with Crippen LogP contribution in [0, 0.1) is 5.92 Å². The van der Waals surface area contributed by atoms with Gasteiger partial charge in [-0.25, -0.2) is 0 Å². The fourth-order valence-electron chi connectivity index (χ4n) is 2.20. The van der Waals surface area contributed by atoms with Crippen LogP contribution in [-0.4, -0.2) is 12.5 Å². The molecular formula is C14H28NO2-. The number of carboxylic acid groups (broad SMARTS) is 1. The summed E-state index contributed by atoms with van der Waals surface area (Å²) < 4.78 is 0. The quantitative estimate of drug-likeness (QED) is 0.534. The maximum Gasteiger partial charge on any atom is 0.0417 e. The maximum atomic E-state index is 10.6. The van der Waals surface area contributed by atoms with Gasteiger partial charge in [-0.2, -0.15) is 0 Å². The van der Waals surface area contributed by atoms with Gasteiger partial charge in [-0.3, -0.25) is 0 Å². The molecule has 0 aromatic carbocycles. The lowest BCUT2D eigenvalue weighted by atomic mass is 9.92. The van der Waals surface area contributed by atoms with Gasteiger partial charge in [-0.1, -0.05) is 58.3 Å². The van der Waals surface area contributed by atoms with Crippen LogP contribution in [-0.2, 0) is 4.79 Å². The van der Waals surface area contributed by atoms with Gasteiger partial charge in [0.2, 0.25) is 0 Å². The summed E-state index contributed by atoms with van der Waals surface area (Å²) in [6, 6.07) is 0. The van der Waals surface area contributed by atoms with Crippen molar-refractivity contribution in [3.05, 3.63) is 0 Å². The van der Waals surface area contributed by atoms with E-state index in [4.69, 9.17) is 5.73 Å². The predicted molar refractivity (Wildman–Crippen MR) is 69.4 cm³/mol. The number of carbonyl (C=O) groups is 1. The Morgan fingerprint density at radius 1 is 1.06 bits per heavy atom. The molecule has 0 bridgehead atoms. The lowest BCUT2D eigenvalue weighted by Gasteiger charge is -2.17. The Kier molecular flexibility index (Phi) is 11.5. The average molecular weight is 242 g/mol. The molecule has 0 aliphatic rings. The Balaban J connectivity index is 3.65. The van der Waals surface area contributed by atoms with Crippen LogP contribution in [0.3, 0.4) is 0 Å². The first-order valence-corrected chi connectivity index (χ1v) is 7.10. The van der Waals surface area contributed by atoms with Crippen molar-refractivity contribution in [1.29, 1.82) is 0 Å². The molecule has 2 N–H and O–H groups in total. The van der Waals surface area contributed by atoms with E-state index in [2.05, 4.69) is 6.92 Å². The Hall–Kier alpha value is -0.570.